The third kappa shape index (κ3) is 2.53. The van der Waals surface area contributed by atoms with Crippen LogP contribution in [-0.4, -0.2) is 15.6 Å². The third-order valence-electron chi connectivity index (χ3n) is 2.43. The molecule has 88 valence electrons. The third-order valence-corrected chi connectivity index (χ3v) is 2.43. The molecule has 4 nitrogen and oxygen atoms in total. The first-order chi connectivity index (χ1) is 8.20. The minimum absolute atomic E-state index is 0.0709. The molecule has 17 heavy (non-hydrogen) atoms. The molecule has 0 aromatic carbocycles. The maximum atomic E-state index is 11.9. The van der Waals surface area contributed by atoms with Gasteiger partial charge in [0, 0.05) is 12.7 Å². The van der Waals surface area contributed by atoms with Crippen molar-refractivity contribution in [1.82, 2.24) is 9.78 Å². The Kier molecular flexibility index (Phi) is 3.23. The van der Waals surface area contributed by atoms with Crippen LogP contribution in [0.3, 0.4) is 0 Å². The number of nitrogens with zero attached hydrogens (tertiary/aromatic N) is 2. The van der Waals surface area contributed by atoms with Crippen LogP contribution in [0, 0.1) is 6.92 Å². The first kappa shape index (κ1) is 11.4. The smallest absolute Gasteiger partial charge is 0.203 e. The molecular weight excluding hydrogens is 216 g/mol. The van der Waals surface area contributed by atoms with Crippen molar-refractivity contribution >= 4 is 11.9 Å². The highest BCUT2D eigenvalue weighted by atomic mass is 16.3. The topological polar surface area (TPSA) is 48.0 Å². The molecule has 0 fully saturated rings. The van der Waals surface area contributed by atoms with Gasteiger partial charge in [0.05, 0.1) is 0 Å². The van der Waals surface area contributed by atoms with Gasteiger partial charge in [-0.2, -0.15) is 5.10 Å². The molecule has 2 heterocycles. The molecule has 0 aliphatic rings. The lowest BCUT2D eigenvalue weighted by atomic mass is 10.2. The summed E-state index contributed by atoms with van der Waals surface area (Å²) in [5.41, 5.74) is 0.590. The number of ketones is 1. The Balaban J connectivity index is 2.14. The maximum absolute atomic E-state index is 11.9. The zero-order valence-electron chi connectivity index (χ0n) is 9.88. The summed E-state index contributed by atoms with van der Waals surface area (Å²) >= 11 is 0. The van der Waals surface area contributed by atoms with Crippen molar-refractivity contribution in [2.45, 2.75) is 20.4 Å². The van der Waals surface area contributed by atoms with E-state index in [0.29, 0.717) is 18.0 Å². The summed E-state index contributed by atoms with van der Waals surface area (Å²) < 4.78 is 7.01. The maximum Gasteiger partial charge on any atom is 0.203 e. The molecule has 0 N–H and O–H groups in total. The Morgan fingerprint density at radius 2 is 2.29 bits per heavy atom. The van der Waals surface area contributed by atoms with Crippen LogP contribution in [0.25, 0.3) is 6.08 Å². The highest BCUT2D eigenvalue weighted by Gasteiger charge is 2.07. The summed E-state index contributed by atoms with van der Waals surface area (Å²) in [6, 6.07) is 5.40. The van der Waals surface area contributed by atoms with Crippen LogP contribution in [-0.2, 0) is 6.54 Å². The quantitative estimate of drug-likeness (QED) is 0.599. The van der Waals surface area contributed by atoms with Crippen molar-refractivity contribution in [2.24, 2.45) is 0 Å². The standard InChI is InChI=1S/C13H14N2O2/c1-3-15-12(8-9-14-15)13(16)7-6-11-5-4-10(2)17-11/h4-9H,3H2,1-2H3/b7-6+. The van der Waals surface area contributed by atoms with Gasteiger partial charge in [-0.05, 0) is 44.2 Å². The SMILES string of the molecule is CCn1nccc1C(=O)/C=C/c1ccc(C)o1. The minimum Gasteiger partial charge on any atom is -0.462 e. The molecule has 0 aliphatic heterocycles. The summed E-state index contributed by atoms with van der Waals surface area (Å²) in [6.07, 6.45) is 4.80. The van der Waals surface area contributed by atoms with E-state index < -0.39 is 0 Å². The number of carbonyl (C=O) groups is 1. The number of aromatic nitrogens is 2. The first-order valence-electron chi connectivity index (χ1n) is 5.51. The van der Waals surface area contributed by atoms with Crippen LogP contribution in [0.5, 0.6) is 0 Å². The molecule has 0 radical (unpaired) electrons. The summed E-state index contributed by atoms with van der Waals surface area (Å²) in [7, 11) is 0. The molecule has 0 saturated carbocycles. The molecule has 0 unspecified atom stereocenters. The second-order valence-corrected chi connectivity index (χ2v) is 3.68. The zero-order valence-corrected chi connectivity index (χ0v) is 9.88. The van der Waals surface area contributed by atoms with E-state index in [2.05, 4.69) is 5.10 Å². The summed E-state index contributed by atoms with van der Waals surface area (Å²) in [5.74, 6) is 1.44. The van der Waals surface area contributed by atoms with Gasteiger partial charge in [-0.1, -0.05) is 0 Å². The molecule has 0 spiro atoms. The summed E-state index contributed by atoms with van der Waals surface area (Å²) in [6.45, 7) is 4.50. The van der Waals surface area contributed by atoms with Gasteiger partial charge in [0.25, 0.3) is 0 Å². The first-order valence-corrected chi connectivity index (χ1v) is 5.51. The van der Waals surface area contributed by atoms with Crippen LogP contribution < -0.4 is 0 Å². The number of hydrogen-bond donors (Lipinski definition) is 0. The monoisotopic (exact) mass is 230 g/mol. The average molecular weight is 230 g/mol. The lowest BCUT2D eigenvalue weighted by molar-refractivity contribution is 0.103. The van der Waals surface area contributed by atoms with Crippen LogP contribution in [0.2, 0.25) is 0 Å². The predicted octanol–water partition coefficient (Wildman–Crippen LogP) is 2.70. The van der Waals surface area contributed by atoms with Gasteiger partial charge in [0.2, 0.25) is 5.78 Å². The fraction of sp³-hybridized carbons (Fsp3) is 0.231. The average Bonchev–Trinajstić information content (AvgIpc) is 2.94. The highest BCUT2D eigenvalue weighted by Crippen LogP contribution is 2.09. The van der Waals surface area contributed by atoms with Crippen molar-refractivity contribution in [1.29, 1.82) is 0 Å². The fourth-order valence-corrected chi connectivity index (χ4v) is 1.58. The van der Waals surface area contributed by atoms with Gasteiger partial charge in [0.15, 0.2) is 0 Å². The van der Waals surface area contributed by atoms with E-state index in [1.165, 1.54) is 6.08 Å². The van der Waals surface area contributed by atoms with Crippen molar-refractivity contribution in [3.63, 3.8) is 0 Å². The van der Waals surface area contributed by atoms with Crippen LogP contribution in [0.15, 0.2) is 34.9 Å². The fourth-order valence-electron chi connectivity index (χ4n) is 1.58. The molecule has 2 rings (SSSR count). The number of aryl methyl sites for hydroxylation is 2. The Morgan fingerprint density at radius 1 is 1.47 bits per heavy atom. The van der Waals surface area contributed by atoms with Gasteiger partial charge < -0.3 is 4.42 Å². The molecular formula is C13H14N2O2. The van der Waals surface area contributed by atoms with E-state index in [1.807, 2.05) is 26.0 Å². The lowest BCUT2D eigenvalue weighted by Gasteiger charge is -1.99. The summed E-state index contributed by atoms with van der Waals surface area (Å²) in [4.78, 5) is 11.9. The second-order valence-electron chi connectivity index (χ2n) is 3.68. The second kappa shape index (κ2) is 4.82. The van der Waals surface area contributed by atoms with Gasteiger partial charge in [-0.15, -0.1) is 0 Å². The Morgan fingerprint density at radius 3 is 2.94 bits per heavy atom. The minimum atomic E-state index is -0.0709. The van der Waals surface area contributed by atoms with Gasteiger partial charge >= 0.3 is 0 Å². The van der Waals surface area contributed by atoms with Crippen molar-refractivity contribution in [3.8, 4) is 0 Å². The van der Waals surface area contributed by atoms with Gasteiger partial charge in [-0.25, -0.2) is 0 Å². The summed E-state index contributed by atoms with van der Waals surface area (Å²) in [5, 5.41) is 4.05. The number of furan rings is 1. The van der Waals surface area contributed by atoms with E-state index in [9.17, 15) is 4.79 Å². The lowest BCUT2D eigenvalue weighted by Crippen LogP contribution is -2.07. The predicted molar refractivity (Wildman–Crippen MR) is 64.7 cm³/mol. The number of hydrogen-bond acceptors (Lipinski definition) is 3. The molecule has 2 aromatic rings. The van der Waals surface area contributed by atoms with E-state index in [1.54, 1.807) is 23.0 Å². The van der Waals surface area contributed by atoms with Crippen LogP contribution in [0.1, 0.15) is 28.9 Å². The van der Waals surface area contributed by atoms with Crippen molar-refractivity contribution in [3.05, 3.63) is 47.7 Å². The largest absolute Gasteiger partial charge is 0.462 e. The van der Waals surface area contributed by atoms with E-state index in [-0.39, 0.29) is 5.78 Å². The zero-order chi connectivity index (χ0) is 12.3. The number of rotatable bonds is 4. The molecule has 2 aromatic heterocycles. The molecule has 0 saturated heterocycles. The van der Waals surface area contributed by atoms with Crippen LogP contribution >= 0.6 is 0 Å². The molecule has 0 bridgehead atoms. The Bertz CT molecular complexity index is 549. The molecule has 0 aliphatic carbocycles. The van der Waals surface area contributed by atoms with Gasteiger partial charge in [0.1, 0.15) is 17.2 Å². The van der Waals surface area contributed by atoms with Crippen molar-refractivity contribution < 1.29 is 9.21 Å². The van der Waals surface area contributed by atoms with Crippen LogP contribution in [0.4, 0.5) is 0 Å². The number of carbonyl (C=O) groups excluding carboxylic acids is 1. The Hall–Kier alpha value is -2.10. The normalized spacial score (nSPS) is 11.2. The van der Waals surface area contributed by atoms with Crippen molar-refractivity contribution in [2.75, 3.05) is 0 Å². The molecule has 4 heteroatoms. The van der Waals surface area contributed by atoms with E-state index in [0.717, 1.165) is 5.76 Å². The van der Waals surface area contributed by atoms with E-state index >= 15 is 0 Å². The molecule has 0 atom stereocenters. The Labute approximate surface area is 99.6 Å². The van der Waals surface area contributed by atoms with E-state index in [4.69, 9.17) is 4.42 Å². The number of allylic oxidation sites excluding steroid dienone is 1. The van der Waals surface area contributed by atoms with Gasteiger partial charge in [-0.3, -0.25) is 9.48 Å². The molecule has 0 amide bonds. The highest BCUT2D eigenvalue weighted by molar-refractivity contribution is 6.05.